The molecule has 0 saturated carbocycles. The third kappa shape index (κ3) is 2.85. The van der Waals surface area contributed by atoms with E-state index >= 15 is 0 Å². The summed E-state index contributed by atoms with van der Waals surface area (Å²) in [6.45, 7) is 1.89. The highest BCUT2D eigenvalue weighted by Gasteiger charge is 2.17. The van der Waals surface area contributed by atoms with Crippen molar-refractivity contribution >= 4 is 0 Å². The molecule has 0 aliphatic rings. The summed E-state index contributed by atoms with van der Waals surface area (Å²) in [7, 11) is 3.16. The van der Waals surface area contributed by atoms with E-state index in [9.17, 15) is 5.11 Å². The van der Waals surface area contributed by atoms with E-state index in [1.54, 1.807) is 38.5 Å². The number of benzene rings is 1. The van der Waals surface area contributed by atoms with Crippen LogP contribution in [0.25, 0.3) is 0 Å². The summed E-state index contributed by atoms with van der Waals surface area (Å²) >= 11 is 0. The number of rotatable bonds is 4. The first-order valence-corrected chi connectivity index (χ1v) is 5.99. The fraction of sp³-hybridized carbons (Fsp3) is 0.267. The molecule has 0 spiro atoms. The van der Waals surface area contributed by atoms with E-state index in [0.717, 1.165) is 5.69 Å². The molecule has 1 aromatic heterocycles. The number of methoxy groups -OCH3 is 2. The minimum absolute atomic E-state index is 0.589. The van der Waals surface area contributed by atoms with Gasteiger partial charge in [0.25, 0.3) is 0 Å². The van der Waals surface area contributed by atoms with E-state index in [1.165, 1.54) is 0 Å². The van der Waals surface area contributed by atoms with Crippen LogP contribution in [-0.4, -0.2) is 24.3 Å². The lowest BCUT2D eigenvalue weighted by atomic mass is 10.0. The number of hydrogen-bond donors (Lipinski definition) is 1. The zero-order chi connectivity index (χ0) is 13.8. The molecule has 0 bridgehead atoms. The van der Waals surface area contributed by atoms with Gasteiger partial charge < -0.3 is 14.6 Å². The van der Waals surface area contributed by atoms with Crippen LogP contribution >= 0.6 is 0 Å². The summed E-state index contributed by atoms with van der Waals surface area (Å²) in [6, 6.07) is 10.9. The number of hydrogen-bond acceptors (Lipinski definition) is 4. The van der Waals surface area contributed by atoms with Gasteiger partial charge in [-0.15, -0.1) is 0 Å². The van der Waals surface area contributed by atoms with Gasteiger partial charge in [-0.1, -0.05) is 6.07 Å². The van der Waals surface area contributed by atoms with Crippen molar-refractivity contribution in [1.29, 1.82) is 0 Å². The first kappa shape index (κ1) is 13.4. The Morgan fingerprint density at radius 1 is 1.11 bits per heavy atom. The normalized spacial score (nSPS) is 12.0. The maximum absolute atomic E-state index is 10.5. The summed E-state index contributed by atoms with van der Waals surface area (Å²) in [4.78, 5) is 4.33. The second kappa shape index (κ2) is 5.71. The molecule has 1 N–H and O–H groups in total. The van der Waals surface area contributed by atoms with Crippen molar-refractivity contribution in [2.24, 2.45) is 0 Å². The predicted molar refractivity (Wildman–Crippen MR) is 72.6 cm³/mol. The average molecular weight is 259 g/mol. The molecular weight excluding hydrogens is 242 g/mol. The van der Waals surface area contributed by atoms with Crippen molar-refractivity contribution in [3.05, 3.63) is 53.3 Å². The van der Waals surface area contributed by atoms with E-state index in [2.05, 4.69) is 4.98 Å². The summed E-state index contributed by atoms with van der Waals surface area (Å²) in [5, 5.41) is 10.5. The van der Waals surface area contributed by atoms with Crippen LogP contribution in [0.2, 0.25) is 0 Å². The van der Waals surface area contributed by atoms with Gasteiger partial charge in [0.15, 0.2) is 0 Å². The Morgan fingerprint density at radius 3 is 2.53 bits per heavy atom. The molecular formula is C15H17NO3. The van der Waals surface area contributed by atoms with Gasteiger partial charge in [0.1, 0.15) is 17.6 Å². The zero-order valence-corrected chi connectivity index (χ0v) is 11.3. The number of aromatic nitrogens is 1. The minimum Gasteiger partial charge on any atom is -0.497 e. The van der Waals surface area contributed by atoms with Crippen molar-refractivity contribution in [3.8, 4) is 11.5 Å². The molecule has 2 aromatic rings. The Kier molecular flexibility index (Phi) is 4.02. The van der Waals surface area contributed by atoms with E-state index in [4.69, 9.17) is 9.47 Å². The number of aliphatic hydroxyl groups is 1. The van der Waals surface area contributed by atoms with Gasteiger partial charge >= 0.3 is 0 Å². The summed E-state index contributed by atoms with van der Waals surface area (Å²) < 4.78 is 10.5. The molecule has 100 valence electrons. The number of aliphatic hydroxyl groups excluding tert-OH is 1. The second-order valence-electron chi connectivity index (χ2n) is 4.21. The standard InChI is InChI=1S/C15H17NO3/c1-10-5-4-6-13(16-10)15(17)12-9-11(18-2)7-8-14(12)19-3/h4-9,15,17H,1-3H3. The monoisotopic (exact) mass is 259 g/mol. The highest BCUT2D eigenvalue weighted by atomic mass is 16.5. The molecule has 19 heavy (non-hydrogen) atoms. The largest absolute Gasteiger partial charge is 0.497 e. The quantitative estimate of drug-likeness (QED) is 0.916. The molecule has 2 rings (SSSR count). The minimum atomic E-state index is -0.843. The molecule has 0 aliphatic heterocycles. The average Bonchev–Trinajstić information content (AvgIpc) is 2.45. The summed E-state index contributed by atoms with van der Waals surface area (Å²) in [5.74, 6) is 1.28. The van der Waals surface area contributed by atoms with Gasteiger partial charge in [-0.3, -0.25) is 4.98 Å². The van der Waals surface area contributed by atoms with Crippen molar-refractivity contribution in [2.45, 2.75) is 13.0 Å². The van der Waals surface area contributed by atoms with Gasteiger partial charge in [-0.25, -0.2) is 0 Å². The third-order valence-electron chi connectivity index (χ3n) is 2.92. The molecule has 1 unspecified atom stereocenters. The van der Waals surface area contributed by atoms with Gasteiger partial charge in [0, 0.05) is 11.3 Å². The SMILES string of the molecule is COc1ccc(OC)c(C(O)c2cccc(C)n2)c1. The van der Waals surface area contributed by atoms with Crippen molar-refractivity contribution in [3.63, 3.8) is 0 Å². The molecule has 1 heterocycles. The molecule has 4 nitrogen and oxygen atoms in total. The van der Waals surface area contributed by atoms with Crippen molar-refractivity contribution in [2.75, 3.05) is 14.2 Å². The molecule has 0 saturated heterocycles. The summed E-state index contributed by atoms with van der Waals surface area (Å²) in [5.41, 5.74) is 2.09. The highest BCUT2D eigenvalue weighted by Crippen LogP contribution is 2.32. The van der Waals surface area contributed by atoms with Crippen LogP contribution < -0.4 is 9.47 Å². The smallest absolute Gasteiger partial charge is 0.125 e. The molecule has 0 aliphatic carbocycles. The van der Waals surface area contributed by atoms with E-state index in [0.29, 0.717) is 22.8 Å². The number of nitrogens with zero attached hydrogens (tertiary/aromatic N) is 1. The second-order valence-corrected chi connectivity index (χ2v) is 4.21. The Bertz CT molecular complexity index is 569. The first-order chi connectivity index (χ1) is 9.15. The molecule has 4 heteroatoms. The van der Waals surface area contributed by atoms with Crippen LogP contribution in [0.15, 0.2) is 36.4 Å². The Morgan fingerprint density at radius 2 is 1.89 bits per heavy atom. The van der Waals surface area contributed by atoms with Crippen LogP contribution in [0, 0.1) is 6.92 Å². The van der Waals surface area contributed by atoms with Crippen molar-refractivity contribution in [1.82, 2.24) is 4.98 Å². The number of aryl methyl sites for hydroxylation is 1. The molecule has 0 amide bonds. The topological polar surface area (TPSA) is 51.6 Å². The lowest BCUT2D eigenvalue weighted by molar-refractivity contribution is 0.209. The van der Waals surface area contributed by atoms with Crippen molar-refractivity contribution < 1.29 is 14.6 Å². The summed E-state index contributed by atoms with van der Waals surface area (Å²) in [6.07, 6.45) is -0.843. The Hall–Kier alpha value is -2.07. The first-order valence-electron chi connectivity index (χ1n) is 5.99. The van der Waals surface area contributed by atoms with Crippen LogP contribution in [0.4, 0.5) is 0 Å². The van der Waals surface area contributed by atoms with Crippen LogP contribution in [0.1, 0.15) is 23.1 Å². The van der Waals surface area contributed by atoms with Crippen LogP contribution in [-0.2, 0) is 0 Å². The van der Waals surface area contributed by atoms with E-state index in [-0.39, 0.29) is 0 Å². The van der Waals surface area contributed by atoms with Crippen LogP contribution in [0.5, 0.6) is 11.5 Å². The Labute approximate surface area is 112 Å². The molecule has 0 radical (unpaired) electrons. The molecule has 0 fully saturated rings. The predicted octanol–water partition coefficient (Wildman–Crippen LogP) is 2.49. The van der Waals surface area contributed by atoms with E-state index in [1.807, 2.05) is 19.1 Å². The molecule has 1 aromatic carbocycles. The fourth-order valence-corrected chi connectivity index (χ4v) is 1.93. The van der Waals surface area contributed by atoms with E-state index < -0.39 is 6.10 Å². The van der Waals surface area contributed by atoms with Gasteiger partial charge in [0.05, 0.1) is 19.9 Å². The van der Waals surface area contributed by atoms with Gasteiger partial charge in [0.2, 0.25) is 0 Å². The number of ether oxygens (including phenoxy) is 2. The molecule has 1 atom stereocenters. The Balaban J connectivity index is 2.44. The number of pyridine rings is 1. The highest BCUT2D eigenvalue weighted by molar-refractivity contribution is 5.44. The van der Waals surface area contributed by atoms with Crippen LogP contribution in [0.3, 0.4) is 0 Å². The maximum atomic E-state index is 10.5. The maximum Gasteiger partial charge on any atom is 0.125 e. The third-order valence-corrected chi connectivity index (χ3v) is 2.92. The van der Waals surface area contributed by atoms with Gasteiger partial charge in [-0.2, -0.15) is 0 Å². The zero-order valence-electron chi connectivity index (χ0n) is 11.3. The lowest BCUT2D eigenvalue weighted by Crippen LogP contribution is -2.05. The van der Waals surface area contributed by atoms with Gasteiger partial charge in [-0.05, 0) is 37.3 Å². The fourth-order valence-electron chi connectivity index (χ4n) is 1.93. The lowest BCUT2D eigenvalue weighted by Gasteiger charge is -2.16.